The van der Waals surface area contributed by atoms with Crippen molar-refractivity contribution < 1.29 is 9.90 Å². The van der Waals surface area contributed by atoms with E-state index in [4.69, 9.17) is 5.11 Å². The molecule has 2 heterocycles. The van der Waals surface area contributed by atoms with Crippen molar-refractivity contribution in [1.82, 2.24) is 9.78 Å². The van der Waals surface area contributed by atoms with Crippen LogP contribution in [-0.4, -0.2) is 27.4 Å². The maximum absolute atomic E-state index is 10.9. The maximum Gasteiger partial charge on any atom is 0.335 e. The number of nitrogens with one attached hydrogen (secondary N) is 1. The molecule has 0 aliphatic carbocycles. The summed E-state index contributed by atoms with van der Waals surface area (Å²) in [7, 11) is 0. The van der Waals surface area contributed by atoms with Gasteiger partial charge in [-0.1, -0.05) is 13.8 Å². The predicted octanol–water partition coefficient (Wildman–Crippen LogP) is 2.66. The fraction of sp³-hybridized carbons (Fsp3) is 0.333. The largest absolute Gasteiger partial charge is 0.478 e. The Balaban J connectivity index is 2.06. The molecule has 0 fully saturated rings. The van der Waals surface area contributed by atoms with Crippen molar-refractivity contribution in [3.63, 3.8) is 0 Å². The lowest BCUT2D eigenvalue weighted by Crippen LogP contribution is -2.06. The lowest BCUT2D eigenvalue weighted by molar-refractivity contribution is 0.0697. The number of carboxylic acid groups (broad SMARTS) is 1. The van der Waals surface area contributed by atoms with Gasteiger partial charge in [0.15, 0.2) is 0 Å². The number of aromatic nitrogens is 2. The second-order valence-corrected chi connectivity index (χ2v) is 5.31. The molecule has 1 aromatic carbocycles. The molecule has 0 amide bonds. The molecule has 5 heteroatoms. The first-order valence-corrected chi connectivity index (χ1v) is 6.77. The zero-order valence-corrected chi connectivity index (χ0v) is 11.6. The number of hydrogen-bond donors (Lipinski definition) is 2. The standard InChI is InChI=1S/C15H17N3O2/c1-9(2)13-12-7-8-16-14(12)18(17-13)11-5-3-10(4-6-11)15(19)20/h3-6,9,16H,7-8H2,1-2H3,(H,19,20). The number of aromatic carboxylic acids is 1. The monoisotopic (exact) mass is 271 g/mol. The Labute approximate surface area is 117 Å². The second-order valence-electron chi connectivity index (χ2n) is 5.31. The third-order valence-electron chi connectivity index (χ3n) is 3.59. The van der Waals surface area contributed by atoms with Crippen LogP contribution in [0.25, 0.3) is 5.69 Å². The van der Waals surface area contributed by atoms with E-state index < -0.39 is 5.97 Å². The fourth-order valence-corrected chi connectivity index (χ4v) is 2.60. The molecule has 1 aliphatic rings. The van der Waals surface area contributed by atoms with Crippen molar-refractivity contribution in [2.45, 2.75) is 26.2 Å². The number of rotatable bonds is 3. The first kappa shape index (κ1) is 12.7. The molecule has 2 aromatic rings. The van der Waals surface area contributed by atoms with E-state index in [9.17, 15) is 4.79 Å². The predicted molar refractivity (Wildman–Crippen MR) is 76.8 cm³/mol. The van der Waals surface area contributed by atoms with Gasteiger partial charge in [0.1, 0.15) is 5.82 Å². The lowest BCUT2D eigenvalue weighted by atomic mass is 10.1. The molecule has 0 bridgehead atoms. The van der Waals surface area contributed by atoms with E-state index in [0.29, 0.717) is 5.92 Å². The Bertz CT molecular complexity index is 657. The smallest absolute Gasteiger partial charge is 0.335 e. The van der Waals surface area contributed by atoms with Crippen LogP contribution in [0.3, 0.4) is 0 Å². The molecule has 20 heavy (non-hydrogen) atoms. The molecule has 0 saturated carbocycles. The van der Waals surface area contributed by atoms with E-state index in [1.807, 2.05) is 4.68 Å². The zero-order chi connectivity index (χ0) is 14.3. The van der Waals surface area contributed by atoms with Crippen LogP contribution in [0.4, 0.5) is 5.82 Å². The maximum atomic E-state index is 10.9. The van der Waals surface area contributed by atoms with Gasteiger partial charge in [-0.05, 0) is 36.6 Å². The number of anilines is 1. The summed E-state index contributed by atoms with van der Waals surface area (Å²) in [6.07, 6.45) is 0.996. The molecule has 3 rings (SSSR count). The van der Waals surface area contributed by atoms with Crippen LogP contribution in [0.5, 0.6) is 0 Å². The van der Waals surface area contributed by atoms with Gasteiger partial charge in [-0.15, -0.1) is 0 Å². The Morgan fingerprint density at radius 2 is 2.05 bits per heavy atom. The topological polar surface area (TPSA) is 67.2 Å². The van der Waals surface area contributed by atoms with Crippen LogP contribution >= 0.6 is 0 Å². The number of carbonyl (C=O) groups is 1. The molecule has 0 atom stereocenters. The molecule has 1 aliphatic heterocycles. The van der Waals surface area contributed by atoms with E-state index in [1.165, 1.54) is 5.56 Å². The lowest BCUT2D eigenvalue weighted by Gasteiger charge is -2.07. The Morgan fingerprint density at radius 3 is 2.65 bits per heavy atom. The van der Waals surface area contributed by atoms with Crippen LogP contribution in [0.1, 0.15) is 41.4 Å². The SMILES string of the molecule is CC(C)c1nn(-c2ccc(C(=O)O)cc2)c2c1CCN2. The average molecular weight is 271 g/mol. The summed E-state index contributed by atoms with van der Waals surface area (Å²) in [5.74, 6) is 0.503. The highest BCUT2D eigenvalue weighted by molar-refractivity contribution is 5.87. The summed E-state index contributed by atoms with van der Waals surface area (Å²) in [5.41, 5.74) is 3.57. The third-order valence-corrected chi connectivity index (χ3v) is 3.59. The van der Waals surface area contributed by atoms with Gasteiger partial charge in [-0.3, -0.25) is 0 Å². The Kier molecular flexibility index (Phi) is 2.97. The first-order valence-electron chi connectivity index (χ1n) is 6.77. The van der Waals surface area contributed by atoms with E-state index in [0.717, 1.165) is 30.2 Å². The number of fused-ring (bicyclic) bond motifs is 1. The molecule has 104 valence electrons. The van der Waals surface area contributed by atoms with Gasteiger partial charge in [0.05, 0.1) is 16.9 Å². The van der Waals surface area contributed by atoms with Crippen molar-refractivity contribution >= 4 is 11.8 Å². The van der Waals surface area contributed by atoms with Crippen molar-refractivity contribution in [2.75, 3.05) is 11.9 Å². The zero-order valence-electron chi connectivity index (χ0n) is 11.6. The fourth-order valence-electron chi connectivity index (χ4n) is 2.60. The molecular formula is C15H17N3O2. The van der Waals surface area contributed by atoms with Gasteiger partial charge < -0.3 is 10.4 Å². The van der Waals surface area contributed by atoms with Crippen LogP contribution in [0.2, 0.25) is 0 Å². The summed E-state index contributed by atoms with van der Waals surface area (Å²) >= 11 is 0. The number of benzene rings is 1. The molecule has 0 unspecified atom stereocenters. The normalized spacial score (nSPS) is 13.3. The molecule has 1 aromatic heterocycles. The first-order chi connectivity index (χ1) is 9.58. The number of hydrogen-bond acceptors (Lipinski definition) is 3. The minimum absolute atomic E-state index is 0.287. The van der Waals surface area contributed by atoms with E-state index >= 15 is 0 Å². The molecule has 5 nitrogen and oxygen atoms in total. The number of nitrogens with zero attached hydrogens (tertiary/aromatic N) is 2. The van der Waals surface area contributed by atoms with E-state index in [2.05, 4.69) is 24.3 Å². The minimum Gasteiger partial charge on any atom is -0.478 e. The summed E-state index contributed by atoms with van der Waals surface area (Å²) in [5, 5.41) is 17.0. The van der Waals surface area contributed by atoms with E-state index in [-0.39, 0.29) is 5.56 Å². The van der Waals surface area contributed by atoms with E-state index in [1.54, 1.807) is 24.3 Å². The average Bonchev–Trinajstić information content (AvgIpc) is 2.99. The summed E-state index contributed by atoms with van der Waals surface area (Å²) < 4.78 is 1.88. The van der Waals surface area contributed by atoms with Crippen molar-refractivity contribution in [3.05, 3.63) is 41.1 Å². The second kappa shape index (κ2) is 4.67. The van der Waals surface area contributed by atoms with Gasteiger partial charge >= 0.3 is 5.97 Å². The Hall–Kier alpha value is -2.30. The van der Waals surface area contributed by atoms with Gasteiger partial charge in [-0.2, -0.15) is 5.10 Å². The summed E-state index contributed by atoms with van der Waals surface area (Å²) in [6, 6.07) is 6.80. The van der Waals surface area contributed by atoms with Crippen molar-refractivity contribution in [2.24, 2.45) is 0 Å². The van der Waals surface area contributed by atoms with Gasteiger partial charge in [0.2, 0.25) is 0 Å². The van der Waals surface area contributed by atoms with Gasteiger partial charge in [-0.25, -0.2) is 9.48 Å². The highest BCUT2D eigenvalue weighted by Crippen LogP contribution is 2.32. The van der Waals surface area contributed by atoms with Crippen LogP contribution in [0.15, 0.2) is 24.3 Å². The minimum atomic E-state index is -0.914. The van der Waals surface area contributed by atoms with Crippen molar-refractivity contribution in [3.8, 4) is 5.69 Å². The highest BCUT2D eigenvalue weighted by Gasteiger charge is 2.24. The van der Waals surface area contributed by atoms with Crippen molar-refractivity contribution in [1.29, 1.82) is 0 Å². The molecule has 0 radical (unpaired) electrons. The molecule has 0 saturated heterocycles. The van der Waals surface area contributed by atoms with Gasteiger partial charge in [0.25, 0.3) is 0 Å². The third kappa shape index (κ3) is 1.95. The van der Waals surface area contributed by atoms with Crippen LogP contribution in [0, 0.1) is 0 Å². The van der Waals surface area contributed by atoms with Crippen LogP contribution in [-0.2, 0) is 6.42 Å². The highest BCUT2D eigenvalue weighted by atomic mass is 16.4. The number of carboxylic acids is 1. The summed E-state index contributed by atoms with van der Waals surface area (Å²) in [6.45, 7) is 5.21. The quantitative estimate of drug-likeness (QED) is 0.900. The molecule has 2 N–H and O–H groups in total. The van der Waals surface area contributed by atoms with Crippen LogP contribution < -0.4 is 5.32 Å². The Morgan fingerprint density at radius 1 is 1.35 bits per heavy atom. The molecular weight excluding hydrogens is 254 g/mol. The summed E-state index contributed by atoms with van der Waals surface area (Å²) in [4.78, 5) is 10.9. The van der Waals surface area contributed by atoms with Gasteiger partial charge in [0, 0.05) is 12.1 Å². The molecule has 0 spiro atoms.